The van der Waals surface area contributed by atoms with Crippen molar-refractivity contribution in [3.8, 4) is 0 Å². The predicted molar refractivity (Wildman–Crippen MR) is 77.2 cm³/mol. The Kier molecular flexibility index (Phi) is 6.34. The molecule has 2 N–H and O–H groups in total. The highest BCUT2D eigenvalue weighted by molar-refractivity contribution is 5.14. The molecule has 0 radical (unpaired) electrons. The number of hydrogen-bond acceptors (Lipinski definition) is 3. The second-order valence-corrected chi connectivity index (χ2v) is 5.31. The van der Waals surface area contributed by atoms with Crippen molar-refractivity contribution in [2.45, 2.75) is 44.2 Å². The lowest BCUT2D eigenvalue weighted by Crippen LogP contribution is -2.35. The Labute approximate surface area is 116 Å². The van der Waals surface area contributed by atoms with Gasteiger partial charge in [-0.25, -0.2) is 0 Å². The van der Waals surface area contributed by atoms with E-state index in [4.69, 9.17) is 4.74 Å². The van der Waals surface area contributed by atoms with E-state index in [9.17, 15) is 5.11 Å². The molecule has 0 amide bonds. The van der Waals surface area contributed by atoms with Gasteiger partial charge in [-0.3, -0.25) is 0 Å². The predicted octanol–water partition coefficient (Wildman–Crippen LogP) is 2.14. The minimum atomic E-state index is 0.210. The highest BCUT2D eigenvalue weighted by Crippen LogP contribution is 2.19. The van der Waals surface area contributed by atoms with Crippen LogP contribution in [-0.2, 0) is 11.2 Å². The van der Waals surface area contributed by atoms with Crippen LogP contribution in [0.25, 0.3) is 0 Å². The molecule has 2 rings (SSSR count). The van der Waals surface area contributed by atoms with Gasteiger partial charge in [-0.15, -0.1) is 0 Å². The SMILES string of the molecule is OCC(CCOCCCc1ccccc1)NC1CC1. The van der Waals surface area contributed by atoms with Crippen molar-refractivity contribution in [2.24, 2.45) is 0 Å². The second-order valence-electron chi connectivity index (χ2n) is 5.31. The third kappa shape index (κ3) is 6.19. The third-order valence-electron chi connectivity index (χ3n) is 3.48. The van der Waals surface area contributed by atoms with E-state index in [2.05, 4.69) is 29.6 Å². The smallest absolute Gasteiger partial charge is 0.0585 e. The zero-order valence-corrected chi connectivity index (χ0v) is 11.6. The fraction of sp³-hybridized carbons (Fsp3) is 0.625. The van der Waals surface area contributed by atoms with Gasteiger partial charge in [-0.1, -0.05) is 30.3 Å². The van der Waals surface area contributed by atoms with Gasteiger partial charge in [0.15, 0.2) is 0 Å². The molecule has 0 aromatic heterocycles. The Balaban J connectivity index is 1.47. The summed E-state index contributed by atoms with van der Waals surface area (Å²) in [5.41, 5.74) is 1.37. The van der Waals surface area contributed by atoms with E-state index < -0.39 is 0 Å². The van der Waals surface area contributed by atoms with E-state index in [0.29, 0.717) is 6.04 Å². The Bertz CT molecular complexity index is 338. The van der Waals surface area contributed by atoms with Crippen LogP contribution in [-0.4, -0.2) is 37.0 Å². The van der Waals surface area contributed by atoms with E-state index in [-0.39, 0.29) is 12.6 Å². The van der Waals surface area contributed by atoms with Crippen molar-refractivity contribution in [3.05, 3.63) is 35.9 Å². The van der Waals surface area contributed by atoms with Crippen molar-refractivity contribution in [3.63, 3.8) is 0 Å². The normalized spacial score (nSPS) is 16.5. The van der Waals surface area contributed by atoms with Gasteiger partial charge in [0.1, 0.15) is 0 Å². The number of aliphatic hydroxyl groups excluding tert-OH is 1. The minimum Gasteiger partial charge on any atom is -0.395 e. The van der Waals surface area contributed by atoms with Crippen LogP contribution in [0.4, 0.5) is 0 Å². The number of benzene rings is 1. The van der Waals surface area contributed by atoms with Crippen molar-refractivity contribution in [1.82, 2.24) is 5.32 Å². The number of hydrogen-bond donors (Lipinski definition) is 2. The molecular formula is C16H25NO2. The van der Waals surface area contributed by atoms with Gasteiger partial charge in [0.05, 0.1) is 6.61 Å². The summed E-state index contributed by atoms with van der Waals surface area (Å²) < 4.78 is 5.64. The maximum Gasteiger partial charge on any atom is 0.0585 e. The average Bonchev–Trinajstić information content (AvgIpc) is 3.26. The van der Waals surface area contributed by atoms with Crippen molar-refractivity contribution < 1.29 is 9.84 Å². The topological polar surface area (TPSA) is 41.5 Å². The maximum absolute atomic E-state index is 9.24. The van der Waals surface area contributed by atoms with Crippen LogP contribution < -0.4 is 5.32 Å². The van der Waals surface area contributed by atoms with Crippen molar-refractivity contribution in [2.75, 3.05) is 19.8 Å². The Morgan fingerprint density at radius 1 is 1.21 bits per heavy atom. The summed E-state index contributed by atoms with van der Waals surface area (Å²) in [6.07, 6.45) is 5.55. The summed E-state index contributed by atoms with van der Waals surface area (Å²) in [7, 11) is 0. The van der Waals surface area contributed by atoms with E-state index in [1.54, 1.807) is 0 Å². The van der Waals surface area contributed by atoms with E-state index >= 15 is 0 Å². The monoisotopic (exact) mass is 263 g/mol. The second kappa shape index (κ2) is 8.31. The molecule has 1 atom stereocenters. The first-order valence-corrected chi connectivity index (χ1v) is 7.37. The molecule has 0 spiro atoms. The van der Waals surface area contributed by atoms with Crippen LogP contribution in [0.15, 0.2) is 30.3 Å². The molecule has 1 unspecified atom stereocenters. The fourth-order valence-electron chi connectivity index (χ4n) is 2.16. The van der Waals surface area contributed by atoms with Crippen LogP contribution in [0, 0.1) is 0 Å². The number of nitrogens with one attached hydrogen (secondary N) is 1. The van der Waals surface area contributed by atoms with Gasteiger partial charge >= 0.3 is 0 Å². The third-order valence-corrected chi connectivity index (χ3v) is 3.48. The van der Waals surface area contributed by atoms with E-state index in [1.165, 1.54) is 18.4 Å². The summed E-state index contributed by atoms with van der Waals surface area (Å²) in [5.74, 6) is 0. The molecule has 1 aromatic rings. The number of aryl methyl sites for hydroxylation is 1. The quantitative estimate of drug-likeness (QED) is 0.636. The van der Waals surface area contributed by atoms with Crippen LogP contribution >= 0.6 is 0 Å². The molecule has 0 aliphatic heterocycles. The van der Waals surface area contributed by atoms with Gasteiger partial charge in [0.25, 0.3) is 0 Å². The lowest BCUT2D eigenvalue weighted by atomic mass is 10.1. The molecule has 1 fully saturated rings. The standard InChI is InChI=1S/C16H25NO2/c18-13-16(17-15-8-9-15)10-12-19-11-4-7-14-5-2-1-3-6-14/h1-3,5-6,15-18H,4,7-13H2. The summed E-state index contributed by atoms with van der Waals surface area (Å²) in [6, 6.07) is 11.4. The van der Waals surface area contributed by atoms with Crippen LogP contribution in [0.5, 0.6) is 0 Å². The van der Waals surface area contributed by atoms with Gasteiger partial charge in [-0.2, -0.15) is 0 Å². The molecule has 0 bridgehead atoms. The first-order chi connectivity index (χ1) is 9.38. The number of ether oxygens (including phenoxy) is 1. The van der Waals surface area contributed by atoms with Gasteiger partial charge in [0.2, 0.25) is 0 Å². The van der Waals surface area contributed by atoms with Crippen LogP contribution in [0.1, 0.15) is 31.2 Å². The van der Waals surface area contributed by atoms with E-state index in [1.807, 2.05) is 6.07 Å². The molecule has 1 saturated carbocycles. The Morgan fingerprint density at radius 3 is 2.68 bits per heavy atom. The molecule has 19 heavy (non-hydrogen) atoms. The summed E-state index contributed by atoms with van der Waals surface area (Å²) in [6.45, 7) is 1.75. The maximum atomic E-state index is 9.24. The number of aliphatic hydroxyl groups is 1. The van der Waals surface area contributed by atoms with Crippen LogP contribution in [0.2, 0.25) is 0 Å². The lowest BCUT2D eigenvalue weighted by Gasteiger charge is -2.15. The average molecular weight is 263 g/mol. The summed E-state index contributed by atoms with van der Waals surface area (Å²) in [4.78, 5) is 0. The lowest BCUT2D eigenvalue weighted by molar-refractivity contribution is 0.112. The summed E-state index contributed by atoms with van der Waals surface area (Å²) in [5, 5.41) is 12.7. The molecule has 106 valence electrons. The molecule has 0 saturated heterocycles. The van der Waals surface area contributed by atoms with Gasteiger partial charge in [-0.05, 0) is 37.7 Å². The molecule has 3 heteroatoms. The largest absolute Gasteiger partial charge is 0.395 e. The van der Waals surface area contributed by atoms with Crippen LogP contribution in [0.3, 0.4) is 0 Å². The van der Waals surface area contributed by atoms with E-state index in [0.717, 1.165) is 32.5 Å². The molecule has 1 aliphatic rings. The Hall–Kier alpha value is -0.900. The first kappa shape index (κ1) is 14.5. The summed E-state index contributed by atoms with van der Waals surface area (Å²) >= 11 is 0. The van der Waals surface area contributed by atoms with Gasteiger partial charge in [0, 0.05) is 25.3 Å². The molecular weight excluding hydrogens is 238 g/mol. The highest BCUT2D eigenvalue weighted by atomic mass is 16.5. The highest BCUT2D eigenvalue weighted by Gasteiger charge is 2.23. The zero-order chi connectivity index (χ0) is 13.3. The molecule has 3 nitrogen and oxygen atoms in total. The minimum absolute atomic E-state index is 0.210. The first-order valence-electron chi connectivity index (χ1n) is 7.37. The molecule has 0 heterocycles. The Morgan fingerprint density at radius 2 is 2.00 bits per heavy atom. The van der Waals surface area contributed by atoms with Crippen molar-refractivity contribution >= 4 is 0 Å². The zero-order valence-electron chi connectivity index (χ0n) is 11.6. The number of rotatable bonds is 10. The molecule has 1 aromatic carbocycles. The van der Waals surface area contributed by atoms with Gasteiger partial charge < -0.3 is 15.2 Å². The van der Waals surface area contributed by atoms with Crippen molar-refractivity contribution in [1.29, 1.82) is 0 Å². The fourth-order valence-corrected chi connectivity index (χ4v) is 2.16. The molecule has 1 aliphatic carbocycles.